The molecule has 6 nitrogen and oxygen atoms in total. The summed E-state index contributed by atoms with van der Waals surface area (Å²) in [5.41, 5.74) is 9.19. The Morgan fingerprint density at radius 3 is 2.58 bits per heavy atom. The van der Waals surface area contributed by atoms with E-state index < -0.39 is 0 Å². The molecule has 0 radical (unpaired) electrons. The number of hydrogen-bond acceptors (Lipinski definition) is 5. The summed E-state index contributed by atoms with van der Waals surface area (Å²) in [7, 11) is 0. The van der Waals surface area contributed by atoms with Gasteiger partial charge in [0.05, 0.1) is 17.3 Å². The molecule has 3 aromatic rings. The molecule has 4 N–H and O–H groups in total. The molecule has 3 rings (SSSR count). The van der Waals surface area contributed by atoms with Crippen LogP contribution >= 0.6 is 0 Å². The predicted octanol–water partition coefficient (Wildman–Crippen LogP) is 3.20. The molecule has 1 heterocycles. The van der Waals surface area contributed by atoms with Crippen LogP contribution in [0.5, 0.6) is 0 Å². The van der Waals surface area contributed by atoms with Crippen molar-refractivity contribution in [2.75, 3.05) is 11.1 Å². The maximum Gasteiger partial charge on any atom is 0.255 e. The summed E-state index contributed by atoms with van der Waals surface area (Å²) in [5.74, 6) is -0.340. The largest absolute Gasteiger partial charge is 0.398 e. The van der Waals surface area contributed by atoms with Gasteiger partial charge >= 0.3 is 0 Å². The molecule has 0 aliphatic heterocycles. The van der Waals surface area contributed by atoms with Gasteiger partial charge in [-0.15, -0.1) is 0 Å². The van der Waals surface area contributed by atoms with Crippen LogP contribution in [0, 0.1) is 16.7 Å². The zero-order valence-corrected chi connectivity index (χ0v) is 13.7. The normalized spacial score (nSPS) is 9.96. The number of nitrogens with two attached hydrogens (primary N) is 1. The van der Waals surface area contributed by atoms with Gasteiger partial charge in [0.1, 0.15) is 0 Å². The molecule has 1 amide bonds. The Bertz CT molecular complexity index is 1020. The van der Waals surface area contributed by atoms with Crippen LogP contribution in [0.4, 0.5) is 11.4 Å². The third-order valence-corrected chi connectivity index (χ3v) is 3.80. The second-order valence-electron chi connectivity index (χ2n) is 5.56. The van der Waals surface area contributed by atoms with E-state index in [-0.39, 0.29) is 11.6 Å². The van der Waals surface area contributed by atoms with Crippen LogP contribution in [0.15, 0.2) is 67.0 Å². The van der Waals surface area contributed by atoms with E-state index in [4.69, 9.17) is 16.4 Å². The first-order valence-corrected chi connectivity index (χ1v) is 7.79. The first-order chi connectivity index (χ1) is 12.6. The minimum Gasteiger partial charge on any atom is -0.398 e. The van der Waals surface area contributed by atoms with Gasteiger partial charge in [0.15, 0.2) is 0 Å². The van der Waals surface area contributed by atoms with E-state index in [0.717, 1.165) is 0 Å². The average Bonchev–Trinajstić information content (AvgIpc) is 2.69. The maximum atomic E-state index is 12.4. The molecule has 2 aromatic carbocycles. The van der Waals surface area contributed by atoms with Gasteiger partial charge in [0.25, 0.3) is 5.91 Å². The zero-order chi connectivity index (χ0) is 18.5. The third kappa shape index (κ3) is 3.57. The number of benzene rings is 2. The smallest absolute Gasteiger partial charge is 0.255 e. The lowest BCUT2D eigenvalue weighted by molar-refractivity contribution is 0.102. The molecule has 0 saturated carbocycles. The second kappa shape index (κ2) is 7.28. The number of rotatable bonds is 4. The van der Waals surface area contributed by atoms with Crippen molar-refractivity contribution in [1.29, 1.82) is 10.7 Å². The van der Waals surface area contributed by atoms with Crippen molar-refractivity contribution in [2.45, 2.75) is 0 Å². The summed E-state index contributed by atoms with van der Waals surface area (Å²) >= 11 is 0. The van der Waals surface area contributed by atoms with E-state index in [1.54, 1.807) is 60.9 Å². The van der Waals surface area contributed by atoms with Gasteiger partial charge in [0, 0.05) is 40.5 Å². The Kier molecular flexibility index (Phi) is 4.72. The van der Waals surface area contributed by atoms with Crippen molar-refractivity contribution >= 4 is 23.0 Å². The summed E-state index contributed by atoms with van der Waals surface area (Å²) in [6.07, 6.45) is 3.21. The highest BCUT2D eigenvalue weighted by molar-refractivity contribution is 6.14. The highest BCUT2D eigenvalue weighted by Crippen LogP contribution is 2.21. The predicted molar refractivity (Wildman–Crippen MR) is 100 cm³/mol. The fourth-order valence-electron chi connectivity index (χ4n) is 2.46. The van der Waals surface area contributed by atoms with Gasteiger partial charge in [-0.25, -0.2) is 0 Å². The second-order valence-corrected chi connectivity index (χ2v) is 5.56. The summed E-state index contributed by atoms with van der Waals surface area (Å²) in [4.78, 5) is 16.3. The van der Waals surface area contributed by atoms with Crippen LogP contribution < -0.4 is 11.1 Å². The number of hydrogen-bond donors (Lipinski definition) is 3. The van der Waals surface area contributed by atoms with E-state index in [0.29, 0.717) is 33.6 Å². The van der Waals surface area contributed by atoms with E-state index in [2.05, 4.69) is 10.3 Å². The first-order valence-electron chi connectivity index (χ1n) is 7.79. The lowest BCUT2D eigenvalue weighted by Gasteiger charge is -2.11. The van der Waals surface area contributed by atoms with Gasteiger partial charge in [-0.3, -0.25) is 15.2 Å². The van der Waals surface area contributed by atoms with E-state index >= 15 is 0 Å². The standard InChI is InChI=1S/C20H15N5O/c21-12-13-2-1-3-15(10-13)20(26)25-16-4-5-18(22)17(11-16)19(23)14-6-8-24-9-7-14/h1-11,23H,22H2,(H,25,26). The topological polar surface area (TPSA) is 116 Å². The van der Waals surface area contributed by atoms with Crippen molar-refractivity contribution in [1.82, 2.24) is 4.98 Å². The number of nitrogen functional groups attached to an aromatic ring is 1. The molecule has 0 unspecified atom stereocenters. The van der Waals surface area contributed by atoms with E-state index in [1.165, 1.54) is 6.07 Å². The number of aromatic nitrogens is 1. The zero-order valence-electron chi connectivity index (χ0n) is 13.7. The number of nitrogens with zero attached hydrogens (tertiary/aromatic N) is 2. The lowest BCUT2D eigenvalue weighted by atomic mass is 10.0. The van der Waals surface area contributed by atoms with Crippen molar-refractivity contribution < 1.29 is 4.79 Å². The number of anilines is 2. The quantitative estimate of drug-likeness (QED) is 0.499. The Morgan fingerprint density at radius 1 is 1.08 bits per heavy atom. The molecule has 126 valence electrons. The highest BCUT2D eigenvalue weighted by Gasteiger charge is 2.12. The van der Waals surface area contributed by atoms with Crippen molar-refractivity contribution in [3.63, 3.8) is 0 Å². The number of nitrogens with one attached hydrogen (secondary N) is 2. The van der Waals surface area contributed by atoms with Gasteiger partial charge in [-0.05, 0) is 48.5 Å². The molecule has 0 bridgehead atoms. The molecular formula is C20H15N5O. The lowest BCUT2D eigenvalue weighted by Crippen LogP contribution is -2.13. The minimum absolute atomic E-state index is 0.243. The molecule has 0 fully saturated rings. The van der Waals surface area contributed by atoms with Crippen molar-refractivity contribution in [3.05, 3.63) is 89.2 Å². The molecule has 26 heavy (non-hydrogen) atoms. The van der Waals surface area contributed by atoms with Gasteiger partial charge in [-0.1, -0.05) is 6.07 Å². The number of carbonyl (C=O) groups excluding carboxylic acids is 1. The van der Waals surface area contributed by atoms with Crippen LogP contribution in [0.2, 0.25) is 0 Å². The minimum atomic E-state index is -0.340. The molecule has 6 heteroatoms. The molecule has 0 aliphatic carbocycles. The Balaban J connectivity index is 1.87. The number of carbonyl (C=O) groups is 1. The van der Waals surface area contributed by atoms with Crippen LogP contribution in [0.25, 0.3) is 0 Å². The van der Waals surface area contributed by atoms with Gasteiger partial charge in [-0.2, -0.15) is 5.26 Å². The number of amides is 1. The van der Waals surface area contributed by atoms with E-state index in [1.807, 2.05) is 6.07 Å². The molecule has 0 saturated heterocycles. The van der Waals surface area contributed by atoms with Gasteiger partial charge in [0.2, 0.25) is 0 Å². The molecule has 0 aliphatic rings. The molecule has 0 spiro atoms. The van der Waals surface area contributed by atoms with Crippen molar-refractivity contribution in [3.8, 4) is 6.07 Å². The number of nitriles is 1. The molecule has 1 aromatic heterocycles. The summed E-state index contributed by atoms with van der Waals surface area (Å²) < 4.78 is 0. The highest BCUT2D eigenvalue weighted by atomic mass is 16.1. The van der Waals surface area contributed by atoms with E-state index in [9.17, 15) is 4.79 Å². The Hall–Kier alpha value is -3.98. The summed E-state index contributed by atoms with van der Waals surface area (Å²) in [6, 6.07) is 16.9. The average molecular weight is 341 g/mol. The van der Waals surface area contributed by atoms with Crippen molar-refractivity contribution in [2.24, 2.45) is 0 Å². The maximum absolute atomic E-state index is 12.4. The monoisotopic (exact) mass is 341 g/mol. The SMILES string of the molecule is N#Cc1cccc(C(=O)Nc2ccc(N)c(C(=N)c3ccncc3)c2)c1. The molecule has 0 atom stereocenters. The third-order valence-electron chi connectivity index (χ3n) is 3.80. The van der Waals surface area contributed by atoms with Crippen LogP contribution in [-0.2, 0) is 0 Å². The Morgan fingerprint density at radius 2 is 1.85 bits per heavy atom. The Labute approximate surface area is 150 Å². The molecular weight excluding hydrogens is 326 g/mol. The summed E-state index contributed by atoms with van der Waals surface area (Å²) in [5, 5.41) is 20.1. The number of pyridine rings is 1. The van der Waals surface area contributed by atoms with Gasteiger partial charge < -0.3 is 11.1 Å². The first kappa shape index (κ1) is 16.9. The fourth-order valence-corrected chi connectivity index (χ4v) is 2.46. The fraction of sp³-hybridized carbons (Fsp3) is 0. The summed E-state index contributed by atoms with van der Waals surface area (Å²) in [6.45, 7) is 0. The van der Waals surface area contributed by atoms with Crippen LogP contribution in [0.1, 0.15) is 27.0 Å². The van der Waals surface area contributed by atoms with Crippen LogP contribution in [-0.4, -0.2) is 16.6 Å². The van der Waals surface area contributed by atoms with Crippen LogP contribution in [0.3, 0.4) is 0 Å².